The molecule has 0 spiro atoms. The number of carbonyl (C=O) groups is 2. The van der Waals surface area contributed by atoms with Gasteiger partial charge in [0.1, 0.15) is 0 Å². The largest absolute Gasteiger partial charge is 0.459 e. The molecule has 0 aliphatic carbocycles. The molecule has 1 aliphatic rings. The molecule has 3 rings (SSSR count). The van der Waals surface area contributed by atoms with E-state index in [2.05, 4.69) is 11.4 Å². The molecule has 0 radical (unpaired) electrons. The molecule has 0 atom stereocenters. The van der Waals surface area contributed by atoms with Crippen molar-refractivity contribution in [3.05, 3.63) is 53.5 Å². The van der Waals surface area contributed by atoms with Crippen LogP contribution in [0.25, 0.3) is 0 Å². The first-order valence-corrected chi connectivity index (χ1v) is 9.04. The predicted molar refractivity (Wildman–Crippen MR) is 100 cm³/mol. The maximum absolute atomic E-state index is 12.7. The van der Waals surface area contributed by atoms with Crippen LogP contribution in [0, 0.1) is 11.3 Å². The number of benzene rings is 1. The van der Waals surface area contributed by atoms with Crippen LogP contribution in [-0.2, 0) is 6.42 Å². The van der Waals surface area contributed by atoms with Crippen LogP contribution in [-0.4, -0.2) is 47.9 Å². The molecule has 3 amide bonds. The average Bonchev–Trinajstić information content (AvgIpc) is 3.12. The summed E-state index contributed by atoms with van der Waals surface area (Å²) >= 11 is 0. The van der Waals surface area contributed by atoms with Crippen LogP contribution in [0.4, 0.5) is 10.5 Å². The minimum Gasteiger partial charge on any atom is -0.459 e. The van der Waals surface area contributed by atoms with Gasteiger partial charge in [0.25, 0.3) is 5.91 Å². The van der Waals surface area contributed by atoms with Gasteiger partial charge in [-0.15, -0.1) is 0 Å². The molecule has 27 heavy (non-hydrogen) atoms. The molecule has 1 saturated heterocycles. The Morgan fingerprint density at radius 3 is 2.67 bits per heavy atom. The number of hydrogen-bond acceptors (Lipinski definition) is 4. The van der Waals surface area contributed by atoms with E-state index in [-0.39, 0.29) is 11.9 Å². The van der Waals surface area contributed by atoms with E-state index in [1.54, 1.807) is 40.1 Å². The number of carbonyl (C=O) groups excluding carboxylic acids is 2. The molecule has 1 aromatic carbocycles. The van der Waals surface area contributed by atoms with Crippen molar-refractivity contribution in [2.45, 2.75) is 19.8 Å². The first-order valence-electron chi connectivity index (χ1n) is 9.04. The highest BCUT2D eigenvalue weighted by Gasteiger charge is 2.24. The second-order valence-electron chi connectivity index (χ2n) is 6.38. The van der Waals surface area contributed by atoms with Crippen molar-refractivity contribution in [2.24, 2.45) is 0 Å². The third-order valence-corrected chi connectivity index (χ3v) is 4.66. The standard InChI is InChI=1S/C20H22N4O3/c1-2-16-13-15(14-21)6-7-17(16)22-20(26)24-9-4-8-23(10-11-24)19(25)18-5-3-12-27-18/h3,5-7,12-13H,2,4,8-11H2,1H3,(H,22,26). The van der Waals surface area contributed by atoms with Gasteiger partial charge in [0, 0.05) is 31.9 Å². The first kappa shape index (κ1) is 18.5. The number of nitrogens with zero attached hydrogens (tertiary/aromatic N) is 3. The van der Waals surface area contributed by atoms with Crippen molar-refractivity contribution in [2.75, 3.05) is 31.5 Å². The highest BCUT2D eigenvalue weighted by atomic mass is 16.3. The van der Waals surface area contributed by atoms with E-state index in [1.165, 1.54) is 6.26 Å². The Morgan fingerprint density at radius 2 is 1.96 bits per heavy atom. The number of amides is 3. The van der Waals surface area contributed by atoms with Gasteiger partial charge < -0.3 is 19.5 Å². The van der Waals surface area contributed by atoms with Crippen LogP contribution in [0.2, 0.25) is 0 Å². The molecule has 1 fully saturated rings. The van der Waals surface area contributed by atoms with Crippen LogP contribution >= 0.6 is 0 Å². The molecule has 7 nitrogen and oxygen atoms in total. The highest BCUT2D eigenvalue weighted by molar-refractivity contribution is 5.92. The number of rotatable bonds is 3. The van der Waals surface area contributed by atoms with E-state index in [0.717, 1.165) is 12.0 Å². The number of nitriles is 1. The molecule has 2 aromatic rings. The van der Waals surface area contributed by atoms with Crippen LogP contribution < -0.4 is 5.32 Å². The molecule has 1 N–H and O–H groups in total. The Morgan fingerprint density at radius 1 is 1.19 bits per heavy atom. The van der Waals surface area contributed by atoms with Gasteiger partial charge in [-0.05, 0) is 48.7 Å². The summed E-state index contributed by atoms with van der Waals surface area (Å²) in [6.07, 6.45) is 2.90. The lowest BCUT2D eigenvalue weighted by Gasteiger charge is -2.22. The zero-order chi connectivity index (χ0) is 19.2. The van der Waals surface area contributed by atoms with Gasteiger partial charge in [-0.3, -0.25) is 4.79 Å². The molecule has 1 aromatic heterocycles. The summed E-state index contributed by atoms with van der Waals surface area (Å²) in [5.41, 5.74) is 2.22. The number of anilines is 1. The predicted octanol–water partition coefficient (Wildman–Crippen LogP) is 3.09. The summed E-state index contributed by atoms with van der Waals surface area (Å²) in [6.45, 7) is 4.05. The Bertz CT molecular complexity index is 855. The van der Waals surface area contributed by atoms with E-state index in [4.69, 9.17) is 9.68 Å². The van der Waals surface area contributed by atoms with E-state index in [0.29, 0.717) is 49.6 Å². The maximum Gasteiger partial charge on any atom is 0.321 e. The lowest BCUT2D eigenvalue weighted by molar-refractivity contribution is 0.0731. The van der Waals surface area contributed by atoms with Crippen molar-refractivity contribution < 1.29 is 14.0 Å². The minimum atomic E-state index is -0.193. The Hall–Kier alpha value is -3.27. The molecule has 1 aliphatic heterocycles. The van der Waals surface area contributed by atoms with Gasteiger partial charge in [0.15, 0.2) is 5.76 Å². The average molecular weight is 366 g/mol. The SMILES string of the molecule is CCc1cc(C#N)ccc1NC(=O)N1CCCN(C(=O)c2ccco2)CC1. The summed E-state index contributed by atoms with van der Waals surface area (Å²) in [6, 6.07) is 10.5. The van der Waals surface area contributed by atoms with Crippen LogP contribution in [0.3, 0.4) is 0 Å². The van der Waals surface area contributed by atoms with E-state index in [9.17, 15) is 9.59 Å². The Balaban J connectivity index is 1.63. The van der Waals surface area contributed by atoms with E-state index >= 15 is 0 Å². The van der Waals surface area contributed by atoms with Gasteiger partial charge >= 0.3 is 6.03 Å². The molecule has 140 valence electrons. The maximum atomic E-state index is 12.7. The van der Waals surface area contributed by atoms with Crippen molar-refractivity contribution >= 4 is 17.6 Å². The molecule has 0 saturated carbocycles. The summed E-state index contributed by atoms with van der Waals surface area (Å²) in [4.78, 5) is 28.5. The zero-order valence-electron chi connectivity index (χ0n) is 15.3. The molecule has 0 bridgehead atoms. The van der Waals surface area contributed by atoms with Gasteiger partial charge in [0.05, 0.1) is 17.9 Å². The fraction of sp³-hybridized carbons (Fsp3) is 0.350. The third kappa shape index (κ3) is 4.29. The Labute approximate surface area is 158 Å². The van der Waals surface area contributed by atoms with Crippen molar-refractivity contribution in [3.8, 4) is 6.07 Å². The lowest BCUT2D eigenvalue weighted by atomic mass is 10.1. The number of hydrogen-bond donors (Lipinski definition) is 1. The van der Waals surface area contributed by atoms with Crippen molar-refractivity contribution in [1.29, 1.82) is 5.26 Å². The lowest BCUT2D eigenvalue weighted by Crippen LogP contribution is -2.39. The molecule has 0 unspecified atom stereocenters. The van der Waals surface area contributed by atoms with Crippen molar-refractivity contribution in [3.63, 3.8) is 0 Å². The fourth-order valence-corrected chi connectivity index (χ4v) is 3.15. The third-order valence-electron chi connectivity index (χ3n) is 4.66. The smallest absolute Gasteiger partial charge is 0.321 e. The molecular weight excluding hydrogens is 344 g/mol. The van der Waals surface area contributed by atoms with Gasteiger partial charge in [-0.25, -0.2) is 4.79 Å². The molecule has 2 heterocycles. The second-order valence-corrected chi connectivity index (χ2v) is 6.38. The summed E-state index contributed by atoms with van der Waals surface area (Å²) < 4.78 is 5.18. The van der Waals surface area contributed by atoms with Gasteiger partial charge in [-0.2, -0.15) is 5.26 Å². The number of nitrogens with one attached hydrogen (secondary N) is 1. The van der Waals surface area contributed by atoms with Gasteiger partial charge in [0.2, 0.25) is 0 Å². The van der Waals surface area contributed by atoms with Crippen LogP contribution in [0.5, 0.6) is 0 Å². The van der Waals surface area contributed by atoms with E-state index in [1.807, 2.05) is 6.92 Å². The zero-order valence-corrected chi connectivity index (χ0v) is 15.3. The highest BCUT2D eigenvalue weighted by Crippen LogP contribution is 2.19. The van der Waals surface area contributed by atoms with Crippen LogP contribution in [0.15, 0.2) is 41.0 Å². The normalized spacial score (nSPS) is 14.4. The number of furan rings is 1. The van der Waals surface area contributed by atoms with Crippen molar-refractivity contribution in [1.82, 2.24) is 9.80 Å². The number of urea groups is 1. The molecule has 7 heteroatoms. The monoisotopic (exact) mass is 366 g/mol. The van der Waals surface area contributed by atoms with Crippen LogP contribution in [0.1, 0.15) is 35.0 Å². The molecular formula is C20H22N4O3. The topological polar surface area (TPSA) is 89.6 Å². The quantitative estimate of drug-likeness (QED) is 0.904. The minimum absolute atomic E-state index is 0.150. The summed E-state index contributed by atoms with van der Waals surface area (Å²) in [5.74, 6) is 0.167. The van der Waals surface area contributed by atoms with Gasteiger partial charge in [-0.1, -0.05) is 6.92 Å². The fourth-order valence-electron chi connectivity index (χ4n) is 3.15. The number of aryl methyl sites for hydroxylation is 1. The first-order chi connectivity index (χ1) is 13.1. The summed E-state index contributed by atoms with van der Waals surface area (Å²) in [5, 5.41) is 12.0. The summed E-state index contributed by atoms with van der Waals surface area (Å²) in [7, 11) is 0. The Kier molecular flexibility index (Phi) is 5.77. The second kappa shape index (κ2) is 8.41. The van der Waals surface area contributed by atoms with E-state index < -0.39 is 0 Å².